The van der Waals surface area contributed by atoms with Crippen molar-refractivity contribution in [2.75, 3.05) is 11.4 Å². The molecule has 3 aliphatic rings. The molecule has 1 heterocycles. The number of benzene rings is 1. The van der Waals surface area contributed by atoms with Crippen LogP contribution in [0.15, 0.2) is 18.2 Å². The number of hydrogen-bond acceptors (Lipinski definition) is 2. The molecule has 1 amide bonds. The lowest BCUT2D eigenvalue weighted by Gasteiger charge is -2.27. The predicted octanol–water partition coefficient (Wildman–Crippen LogP) is 2.79. The van der Waals surface area contributed by atoms with Crippen LogP contribution in [-0.4, -0.2) is 18.2 Å². The van der Waals surface area contributed by atoms with Crippen molar-refractivity contribution in [3.63, 3.8) is 0 Å². The number of fused-ring (bicyclic) bond motifs is 3. The first-order valence-corrected chi connectivity index (χ1v) is 7.30. The quantitative estimate of drug-likeness (QED) is 0.777. The molecule has 3 atom stereocenters. The van der Waals surface area contributed by atoms with E-state index in [2.05, 4.69) is 0 Å². The van der Waals surface area contributed by atoms with E-state index < -0.39 is 17.5 Å². The number of nitrogens with zero attached hydrogens (tertiary/aromatic N) is 1. The van der Waals surface area contributed by atoms with E-state index in [1.807, 2.05) is 0 Å². The van der Waals surface area contributed by atoms with E-state index >= 15 is 0 Å². The molecule has 0 N–H and O–H groups in total. The van der Waals surface area contributed by atoms with Crippen LogP contribution in [0.5, 0.6) is 0 Å². The third-order valence-electron chi connectivity index (χ3n) is 5.24. The minimum atomic E-state index is -0.567. The van der Waals surface area contributed by atoms with E-state index in [0.29, 0.717) is 18.4 Å². The number of rotatable bonds is 2. The number of carbonyl (C=O) groups is 2. The van der Waals surface area contributed by atoms with Crippen LogP contribution in [0, 0.1) is 23.6 Å². The van der Waals surface area contributed by atoms with Gasteiger partial charge in [-0.05, 0) is 49.1 Å². The van der Waals surface area contributed by atoms with E-state index in [9.17, 15) is 14.0 Å². The largest absolute Gasteiger partial charge is 0.302 e. The van der Waals surface area contributed by atoms with Gasteiger partial charge in [0.1, 0.15) is 5.82 Å². The molecule has 1 aromatic carbocycles. The lowest BCUT2D eigenvalue weighted by Crippen LogP contribution is -2.36. The molecule has 0 saturated heterocycles. The Hall–Kier alpha value is -1.71. The molecule has 20 heavy (non-hydrogen) atoms. The van der Waals surface area contributed by atoms with E-state index in [1.54, 1.807) is 6.07 Å². The summed E-state index contributed by atoms with van der Waals surface area (Å²) < 4.78 is 14.0. The Bertz CT molecular complexity index is 612. The zero-order chi connectivity index (χ0) is 13.9. The fraction of sp³-hybridized carbons (Fsp3) is 0.500. The van der Waals surface area contributed by atoms with Gasteiger partial charge in [-0.3, -0.25) is 9.59 Å². The van der Waals surface area contributed by atoms with Crippen LogP contribution < -0.4 is 4.90 Å². The number of carbonyl (C=O) groups excluding carboxylic acids is 2. The zero-order valence-electron chi connectivity index (χ0n) is 11.1. The molecule has 3 unspecified atom stereocenters. The van der Waals surface area contributed by atoms with Gasteiger partial charge in [0, 0.05) is 6.54 Å². The van der Waals surface area contributed by atoms with Crippen LogP contribution in [0.4, 0.5) is 10.1 Å². The van der Waals surface area contributed by atoms with Crippen molar-refractivity contribution in [2.24, 2.45) is 17.8 Å². The summed E-state index contributed by atoms with van der Waals surface area (Å²) in [7, 11) is 0. The van der Waals surface area contributed by atoms with Gasteiger partial charge in [-0.2, -0.15) is 0 Å². The van der Waals surface area contributed by atoms with E-state index in [0.717, 1.165) is 12.3 Å². The molecule has 4 heteroatoms. The molecule has 2 aliphatic carbocycles. The van der Waals surface area contributed by atoms with Crippen LogP contribution in [0.1, 0.15) is 36.0 Å². The van der Waals surface area contributed by atoms with Crippen molar-refractivity contribution in [3.8, 4) is 0 Å². The highest BCUT2D eigenvalue weighted by molar-refractivity contribution is 6.52. The fourth-order valence-electron chi connectivity index (χ4n) is 4.32. The fourth-order valence-corrected chi connectivity index (χ4v) is 4.32. The summed E-state index contributed by atoms with van der Waals surface area (Å²) in [6, 6.07) is 4.35. The van der Waals surface area contributed by atoms with Crippen LogP contribution in [-0.2, 0) is 4.79 Å². The number of amides is 1. The second kappa shape index (κ2) is 4.14. The molecule has 3 nitrogen and oxygen atoms in total. The van der Waals surface area contributed by atoms with Gasteiger partial charge in [-0.15, -0.1) is 0 Å². The Kier molecular flexibility index (Phi) is 2.50. The third-order valence-corrected chi connectivity index (χ3v) is 5.24. The second-order valence-electron chi connectivity index (χ2n) is 6.32. The maximum atomic E-state index is 14.0. The summed E-state index contributed by atoms with van der Waals surface area (Å²) in [6.07, 6.45) is 4.87. The number of para-hydroxylation sites is 1. The van der Waals surface area contributed by atoms with Crippen molar-refractivity contribution in [3.05, 3.63) is 29.6 Å². The highest BCUT2D eigenvalue weighted by atomic mass is 19.1. The van der Waals surface area contributed by atoms with Gasteiger partial charge in [0.05, 0.1) is 11.3 Å². The number of Topliss-reactive ketones (excluding diaryl/α,β-unsaturated/α-hetero) is 1. The predicted molar refractivity (Wildman–Crippen MR) is 72.0 cm³/mol. The monoisotopic (exact) mass is 273 g/mol. The van der Waals surface area contributed by atoms with Gasteiger partial charge in [0.15, 0.2) is 0 Å². The lowest BCUT2D eigenvalue weighted by atomic mass is 9.88. The normalized spacial score (nSPS) is 31.2. The van der Waals surface area contributed by atoms with Crippen molar-refractivity contribution in [2.45, 2.75) is 25.7 Å². The standard InChI is InChI=1S/C16H16FNO2/c17-13-3-1-2-12-14(13)18(16(20)15(12)19)8-11-7-9-4-5-10(11)6-9/h1-3,9-11H,4-8H2. The summed E-state index contributed by atoms with van der Waals surface area (Å²) in [5.41, 5.74) is 0.420. The third kappa shape index (κ3) is 1.57. The maximum Gasteiger partial charge on any atom is 0.299 e. The molecule has 1 aliphatic heterocycles. The summed E-state index contributed by atoms with van der Waals surface area (Å²) in [4.78, 5) is 25.4. The molecular formula is C16H16FNO2. The average molecular weight is 273 g/mol. The SMILES string of the molecule is O=C1C(=O)N(CC2CC3CCC2C3)c2c(F)cccc21. The molecule has 0 aromatic heterocycles. The molecule has 2 bridgehead atoms. The first kappa shape index (κ1) is 12.1. The van der Waals surface area contributed by atoms with Gasteiger partial charge >= 0.3 is 0 Å². The Morgan fingerprint density at radius 2 is 2.05 bits per heavy atom. The Morgan fingerprint density at radius 1 is 1.20 bits per heavy atom. The number of anilines is 1. The summed E-state index contributed by atoms with van der Waals surface area (Å²) >= 11 is 0. The van der Waals surface area contributed by atoms with Crippen molar-refractivity contribution in [1.82, 2.24) is 0 Å². The van der Waals surface area contributed by atoms with Gasteiger partial charge < -0.3 is 4.90 Å². The number of hydrogen-bond donors (Lipinski definition) is 0. The van der Waals surface area contributed by atoms with Crippen molar-refractivity contribution < 1.29 is 14.0 Å². The minimum Gasteiger partial charge on any atom is -0.302 e. The van der Waals surface area contributed by atoms with E-state index in [4.69, 9.17) is 0 Å². The molecule has 1 aromatic rings. The average Bonchev–Trinajstić information content (AvgIpc) is 3.10. The topological polar surface area (TPSA) is 37.4 Å². The van der Waals surface area contributed by atoms with E-state index in [-0.39, 0.29) is 11.3 Å². The Balaban J connectivity index is 1.66. The first-order chi connectivity index (χ1) is 9.65. The van der Waals surface area contributed by atoms with Crippen molar-refractivity contribution >= 4 is 17.4 Å². The van der Waals surface area contributed by atoms with Gasteiger partial charge in [0.25, 0.3) is 11.7 Å². The summed E-state index contributed by atoms with van der Waals surface area (Å²) in [5, 5.41) is 0. The van der Waals surface area contributed by atoms with Crippen LogP contribution >= 0.6 is 0 Å². The van der Waals surface area contributed by atoms with Crippen LogP contribution in [0.2, 0.25) is 0 Å². The zero-order valence-corrected chi connectivity index (χ0v) is 11.1. The highest BCUT2D eigenvalue weighted by Gasteiger charge is 2.44. The lowest BCUT2D eigenvalue weighted by molar-refractivity contribution is -0.114. The molecule has 0 radical (unpaired) electrons. The number of ketones is 1. The highest BCUT2D eigenvalue weighted by Crippen LogP contribution is 2.49. The molecular weight excluding hydrogens is 257 g/mol. The van der Waals surface area contributed by atoms with E-state index in [1.165, 1.54) is 36.3 Å². The van der Waals surface area contributed by atoms with Crippen molar-refractivity contribution in [1.29, 1.82) is 0 Å². The van der Waals surface area contributed by atoms with Gasteiger partial charge in [-0.25, -0.2) is 4.39 Å². The second-order valence-corrected chi connectivity index (χ2v) is 6.32. The Morgan fingerprint density at radius 3 is 2.75 bits per heavy atom. The van der Waals surface area contributed by atoms with Gasteiger partial charge in [-0.1, -0.05) is 12.5 Å². The van der Waals surface area contributed by atoms with Crippen LogP contribution in [0.3, 0.4) is 0 Å². The maximum absolute atomic E-state index is 14.0. The molecule has 0 spiro atoms. The minimum absolute atomic E-state index is 0.199. The molecule has 104 valence electrons. The summed E-state index contributed by atoms with van der Waals surface area (Å²) in [6.45, 7) is 0.500. The van der Waals surface area contributed by atoms with Gasteiger partial charge in [0.2, 0.25) is 0 Å². The molecule has 2 fully saturated rings. The molecule has 4 rings (SSSR count). The molecule has 2 saturated carbocycles. The first-order valence-electron chi connectivity index (χ1n) is 7.30. The number of halogens is 1. The Labute approximate surface area is 116 Å². The summed E-state index contributed by atoms with van der Waals surface area (Å²) in [5.74, 6) is 0.258. The smallest absolute Gasteiger partial charge is 0.299 e. The van der Waals surface area contributed by atoms with Crippen LogP contribution in [0.25, 0.3) is 0 Å².